The number of esters is 2. The topological polar surface area (TPSA) is 120 Å². The van der Waals surface area contributed by atoms with E-state index in [9.17, 15) is 9.59 Å². The van der Waals surface area contributed by atoms with Crippen molar-refractivity contribution >= 4 is 11.9 Å². The number of hydrogen-bond donors (Lipinski definition) is 0. The minimum atomic E-state index is -0.229. The van der Waals surface area contributed by atoms with Crippen molar-refractivity contribution in [3.8, 4) is 0 Å². The Kier molecular flexibility index (Phi) is 29.2. The second kappa shape index (κ2) is 33.3. The number of nitrogens with zero attached hydrogens (tertiary/aromatic N) is 8. The highest BCUT2D eigenvalue weighted by molar-refractivity contribution is 5.70. The van der Waals surface area contributed by atoms with E-state index in [1.807, 2.05) is 21.8 Å². The summed E-state index contributed by atoms with van der Waals surface area (Å²) in [5, 5.41) is 17.1. The molecule has 55 heavy (non-hydrogen) atoms. The van der Waals surface area contributed by atoms with Crippen LogP contribution in [0.3, 0.4) is 0 Å². The summed E-state index contributed by atoms with van der Waals surface area (Å²) in [4.78, 5) is 29.7. The fraction of sp³-hybridized carbons (Fsp3) is 0.860. The standard InChI is InChI=1S/C43H80N8O4/c1-5-7-9-11-13-15-17-19-24-32-50-38-40(44-46-50)28-36-54-42(52)26-34-49(31-23-21-22-30-48(3)4)35-27-43(53)55-37-29-41-39-51(47-45-41)33-25-20-18-16-14-12-10-8-6-2/h38-39H,5-37H2,1-4H3. The third kappa shape index (κ3) is 27.4. The Labute approximate surface area is 334 Å². The van der Waals surface area contributed by atoms with E-state index >= 15 is 0 Å². The molecule has 2 rings (SSSR count). The summed E-state index contributed by atoms with van der Waals surface area (Å²) in [5.74, 6) is -0.457. The number of carbonyl (C=O) groups is 2. The number of aromatic nitrogens is 6. The molecule has 0 aromatic carbocycles. The van der Waals surface area contributed by atoms with Crippen molar-refractivity contribution < 1.29 is 19.1 Å². The zero-order valence-corrected chi connectivity index (χ0v) is 35.7. The quantitative estimate of drug-likeness (QED) is 0.0485. The third-order valence-corrected chi connectivity index (χ3v) is 10.2. The first-order valence-electron chi connectivity index (χ1n) is 22.4. The van der Waals surface area contributed by atoms with E-state index in [1.165, 1.54) is 103 Å². The maximum atomic E-state index is 12.7. The van der Waals surface area contributed by atoms with E-state index in [2.05, 4.69) is 58.4 Å². The second-order valence-electron chi connectivity index (χ2n) is 15.7. The van der Waals surface area contributed by atoms with Crippen LogP contribution in [0.25, 0.3) is 0 Å². The highest BCUT2D eigenvalue weighted by atomic mass is 16.5. The van der Waals surface area contributed by atoms with Crippen LogP contribution in [0.4, 0.5) is 0 Å². The molecule has 0 atom stereocenters. The van der Waals surface area contributed by atoms with E-state index in [1.54, 1.807) is 0 Å². The van der Waals surface area contributed by atoms with Crippen LogP contribution in [0.1, 0.15) is 173 Å². The molecule has 0 unspecified atom stereocenters. The van der Waals surface area contributed by atoms with Gasteiger partial charge >= 0.3 is 11.9 Å². The average Bonchev–Trinajstić information content (AvgIpc) is 3.83. The van der Waals surface area contributed by atoms with Gasteiger partial charge in [0.15, 0.2) is 0 Å². The third-order valence-electron chi connectivity index (χ3n) is 10.2. The van der Waals surface area contributed by atoms with Gasteiger partial charge in [-0.05, 0) is 52.9 Å². The van der Waals surface area contributed by atoms with Gasteiger partial charge in [0.25, 0.3) is 0 Å². The monoisotopic (exact) mass is 773 g/mol. The smallest absolute Gasteiger partial charge is 0.307 e. The van der Waals surface area contributed by atoms with Crippen molar-refractivity contribution in [2.45, 2.75) is 187 Å². The lowest BCUT2D eigenvalue weighted by molar-refractivity contribution is -0.144. The lowest BCUT2D eigenvalue weighted by atomic mass is 10.1. The summed E-state index contributed by atoms with van der Waals surface area (Å²) >= 11 is 0. The lowest BCUT2D eigenvalue weighted by Crippen LogP contribution is -2.31. The average molecular weight is 773 g/mol. The largest absolute Gasteiger partial charge is 0.465 e. The highest BCUT2D eigenvalue weighted by Crippen LogP contribution is 2.12. The summed E-state index contributed by atoms with van der Waals surface area (Å²) in [6, 6.07) is 0. The Balaban J connectivity index is 1.61. The van der Waals surface area contributed by atoms with E-state index in [0.29, 0.717) is 39.1 Å². The van der Waals surface area contributed by atoms with Gasteiger partial charge in [-0.2, -0.15) is 0 Å². The molecule has 0 fully saturated rings. The minimum Gasteiger partial charge on any atom is -0.465 e. The molecule has 316 valence electrons. The van der Waals surface area contributed by atoms with Crippen molar-refractivity contribution in [3.05, 3.63) is 23.8 Å². The van der Waals surface area contributed by atoms with Crippen molar-refractivity contribution in [2.24, 2.45) is 0 Å². The zero-order valence-electron chi connectivity index (χ0n) is 35.7. The molecule has 2 aromatic rings. The van der Waals surface area contributed by atoms with Gasteiger partial charge in [0.05, 0.1) is 37.4 Å². The van der Waals surface area contributed by atoms with Crippen molar-refractivity contribution in [2.75, 3.05) is 53.5 Å². The molecule has 2 aromatic heterocycles. The Hall–Kier alpha value is -2.86. The number of aryl methyl sites for hydroxylation is 2. The first-order chi connectivity index (χ1) is 26.9. The predicted molar refractivity (Wildman–Crippen MR) is 222 cm³/mol. The Morgan fingerprint density at radius 1 is 0.527 bits per heavy atom. The minimum absolute atomic E-state index is 0.229. The van der Waals surface area contributed by atoms with E-state index in [-0.39, 0.29) is 24.8 Å². The molecule has 0 N–H and O–H groups in total. The molecule has 12 nitrogen and oxygen atoms in total. The van der Waals surface area contributed by atoms with Crippen LogP contribution in [0.2, 0.25) is 0 Å². The van der Waals surface area contributed by atoms with Gasteiger partial charge in [-0.3, -0.25) is 19.0 Å². The normalized spacial score (nSPS) is 11.6. The number of rotatable bonds is 38. The van der Waals surface area contributed by atoms with E-state index < -0.39 is 0 Å². The highest BCUT2D eigenvalue weighted by Gasteiger charge is 2.13. The number of carbonyl (C=O) groups excluding carboxylic acids is 2. The van der Waals surface area contributed by atoms with Gasteiger partial charge in [-0.15, -0.1) is 10.2 Å². The molecular formula is C43H80N8O4. The number of hydrogen-bond acceptors (Lipinski definition) is 10. The van der Waals surface area contributed by atoms with Crippen molar-refractivity contribution in [3.63, 3.8) is 0 Å². The fourth-order valence-electron chi connectivity index (χ4n) is 6.75. The van der Waals surface area contributed by atoms with Crippen LogP contribution >= 0.6 is 0 Å². The lowest BCUT2D eigenvalue weighted by Gasteiger charge is -2.21. The molecular weight excluding hydrogens is 693 g/mol. The molecule has 0 aliphatic heterocycles. The molecule has 0 amide bonds. The number of ether oxygens (including phenoxy) is 2. The number of unbranched alkanes of at least 4 members (excludes halogenated alkanes) is 18. The van der Waals surface area contributed by atoms with Crippen LogP contribution in [0.5, 0.6) is 0 Å². The van der Waals surface area contributed by atoms with Gasteiger partial charge in [0.1, 0.15) is 0 Å². The van der Waals surface area contributed by atoms with Crippen LogP contribution in [0.15, 0.2) is 12.4 Å². The predicted octanol–water partition coefficient (Wildman–Crippen LogP) is 8.62. The molecule has 0 saturated carbocycles. The second-order valence-corrected chi connectivity index (χ2v) is 15.7. The molecule has 0 saturated heterocycles. The van der Waals surface area contributed by atoms with E-state index in [4.69, 9.17) is 9.47 Å². The fourth-order valence-corrected chi connectivity index (χ4v) is 6.75. The summed E-state index contributed by atoms with van der Waals surface area (Å²) in [5.41, 5.74) is 1.69. The van der Waals surface area contributed by atoms with Gasteiger partial charge in [-0.25, -0.2) is 0 Å². The SMILES string of the molecule is CCCCCCCCCCCn1cc(CCOC(=O)CCN(CCCCCN(C)C)CCC(=O)OCCc2cn(CCCCCCCCCCC)nn2)nn1. The van der Waals surface area contributed by atoms with Gasteiger partial charge in [-0.1, -0.05) is 133 Å². The maximum absolute atomic E-state index is 12.7. The van der Waals surface area contributed by atoms with Crippen LogP contribution < -0.4 is 0 Å². The van der Waals surface area contributed by atoms with Gasteiger partial charge in [0, 0.05) is 51.4 Å². The molecule has 2 heterocycles. The molecule has 0 radical (unpaired) electrons. The molecule has 0 bridgehead atoms. The first kappa shape index (κ1) is 48.3. The van der Waals surface area contributed by atoms with Crippen LogP contribution in [-0.2, 0) is 45.0 Å². The summed E-state index contributed by atoms with van der Waals surface area (Å²) < 4.78 is 14.9. The zero-order chi connectivity index (χ0) is 39.6. The molecule has 0 aliphatic rings. The first-order valence-corrected chi connectivity index (χ1v) is 22.4. The van der Waals surface area contributed by atoms with Crippen molar-refractivity contribution in [1.29, 1.82) is 0 Å². The summed E-state index contributed by atoms with van der Waals surface area (Å²) in [7, 11) is 4.18. The van der Waals surface area contributed by atoms with Gasteiger partial charge < -0.3 is 19.3 Å². The summed E-state index contributed by atoms with van der Waals surface area (Å²) in [6.45, 7) is 9.85. The summed E-state index contributed by atoms with van der Waals surface area (Å²) in [6.07, 6.45) is 32.2. The van der Waals surface area contributed by atoms with Crippen LogP contribution in [0, 0.1) is 0 Å². The Bertz CT molecular complexity index is 1120. The van der Waals surface area contributed by atoms with Gasteiger partial charge in [0.2, 0.25) is 0 Å². The maximum Gasteiger partial charge on any atom is 0.307 e. The molecule has 0 aliphatic carbocycles. The molecule has 12 heteroatoms. The van der Waals surface area contributed by atoms with Crippen LogP contribution in [-0.4, -0.2) is 105 Å². The van der Waals surface area contributed by atoms with Crippen molar-refractivity contribution in [1.82, 2.24) is 39.8 Å². The Morgan fingerprint density at radius 2 is 0.909 bits per heavy atom. The van der Waals surface area contributed by atoms with E-state index in [0.717, 1.165) is 69.7 Å². The molecule has 0 spiro atoms. The Morgan fingerprint density at radius 3 is 1.33 bits per heavy atom.